The van der Waals surface area contributed by atoms with E-state index in [1.807, 2.05) is 0 Å². The SMILES string of the molecule is CCCCCCC[S+]([O-])CC1C2CCC(O2)C1CCCCCCC(=O)O. The topological polar surface area (TPSA) is 69.6 Å². The molecule has 2 aliphatic rings. The highest BCUT2D eigenvalue weighted by Crippen LogP contribution is 2.46. The van der Waals surface area contributed by atoms with Crippen LogP contribution in [0.25, 0.3) is 0 Å². The van der Waals surface area contributed by atoms with E-state index < -0.39 is 17.1 Å². The third kappa shape index (κ3) is 7.40. The zero-order valence-corrected chi connectivity index (χ0v) is 17.3. The summed E-state index contributed by atoms with van der Waals surface area (Å²) in [5.74, 6) is 2.07. The summed E-state index contributed by atoms with van der Waals surface area (Å²) >= 11 is -0.699. The molecule has 0 aromatic carbocycles. The maximum atomic E-state index is 12.5. The highest BCUT2D eigenvalue weighted by molar-refractivity contribution is 7.91. The van der Waals surface area contributed by atoms with E-state index in [2.05, 4.69) is 6.92 Å². The number of hydrogen-bond acceptors (Lipinski definition) is 3. The Morgan fingerprint density at radius 3 is 2.38 bits per heavy atom. The maximum absolute atomic E-state index is 12.5. The van der Waals surface area contributed by atoms with Crippen LogP contribution in [0, 0.1) is 11.8 Å². The Morgan fingerprint density at radius 2 is 1.65 bits per heavy atom. The van der Waals surface area contributed by atoms with Gasteiger partial charge in [0.1, 0.15) is 11.5 Å². The van der Waals surface area contributed by atoms with Gasteiger partial charge in [0.25, 0.3) is 0 Å². The lowest BCUT2D eigenvalue weighted by molar-refractivity contribution is -0.137. The van der Waals surface area contributed by atoms with Crippen LogP contribution in [0.2, 0.25) is 0 Å². The third-order valence-electron chi connectivity index (χ3n) is 6.12. The van der Waals surface area contributed by atoms with Gasteiger partial charge < -0.3 is 14.4 Å². The fourth-order valence-corrected chi connectivity index (χ4v) is 6.26. The number of aliphatic carboxylic acids is 1. The lowest BCUT2D eigenvalue weighted by Gasteiger charge is -2.28. The first-order chi connectivity index (χ1) is 12.6. The predicted molar refractivity (Wildman–Crippen MR) is 107 cm³/mol. The highest BCUT2D eigenvalue weighted by atomic mass is 32.2. The van der Waals surface area contributed by atoms with Crippen LogP contribution >= 0.6 is 0 Å². The minimum atomic E-state index is -0.699. The highest BCUT2D eigenvalue weighted by Gasteiger charge is 2.49. The Hall–Kier alpha value is -0.260. The molecule has 0 saturated carbocycles. The maximum Gasteiger partial charge on any atom is 0.303 e. The molecule has 0 aromatic rings. The first kappa shape index (κ1) is 22.0. The number of carboxylic acid groups (broad SMARTS) is 1. The summed E-state index contributed by atoms with van der Waals surface area (Å²) in [5, 5.41) is 8.69. The lowest BCUT2D eigenvalue weighted by Crippen LogP contribution is -2.33. The lowest BCUT2D eigenvalue weighted by atomic mass is 9.77. The third-order valence-corrected chi connectivity index (χ3v) is 7.62. The van der Waals surface area contributed by atoms with Gasteiger partial charge in [-0.15, -0.1) is 0 Å². The van der Waals surface area contributed by atoms with Gasteiger partial charge in [-0.2, -0.15) is 0 Å². The van der Waals surface area contributed by atoms with E-state index in [9.17, 15) is 9.35 Å². The van der Waals surface area contributed by atoms with Crippen molar-refractivity contribution in [3.05, 3.63) is 0 Å². The molecule has 0 aromatic heterocycles. The van der Waals surface area contributed by atoms with Crippen molar-refractivity contribution in [2.24, 2.45) is 11.8 Å². The molecule has 0 aliphatic carbocycles. The molecule has 2 rings (SSSR count). The fraction of sp³-hybridized carbons (Fsp3) is 0.952. The van der Waals surface area contributed by atoms with E-state index in [1.165, 1.54) is 32.1 Å². The van der Waals surface area contributed by atoms with Crippen LogP contribution in [0.4, 0.5) is 0 Å². The second kappa shape index (κ2) is 12.2. The van der Waals surface area contributed by atoms with Crippen LogP contribution in [-0.2, 0) is 20.7 Å². The Labute approximate surface area is 162 Å². The predicted octanol–water partition coefficient (Wildman–Crippen LogP) is 4.92. The number of ether oxygens (including phenoxy) is 1. The smallest absolute Gasteiger partial charge is 0.303 e. The van der Waals surface area contributed by atoms with E-state index in [0.717, 1.165) is 56.5 Å². The van der Waals surface area contributed by atoms with Crippen molar-refractivity contribution in [1.29, 1.82) is 0 Å². The number of rotatable bonds is 15. The summed E-state index contributed by atoms with van der Waals surface area (Å²) < 4.78 is 18.7. The number of hydrogen-bond donors (Lipinski definition) is 1. The van der Waals surface area contributed by atoms with Crippen molar-refractivity contribution in [1.82, 2.24) is 0 Å². The van der Waals surface area contributed by atoms with Gasteiger partial charge in [0.15, 0.2) is 0 Å². The average molecular weight is 387 g/mol. The van der Waals surface area contributed by atoms with Gasteiger partial charge in [-0.3, -0.25) is 4.79 Å². The molecule has 0 spiro atoms. The van der Waals surface area contributed by atoms with Crippen molar-refractivity contribution < 1.29 is 19.2 Å². The van der Waals surface area contributed by atoms with Gasteiger partial charge >= 0.3 is 5.97 Å². The van der Waals surface area contributed by atoms with Crippen LogP contribution < -0.4 is 0 Å². The molecule has 1 N–H and O–H groups in total. The number of carbonyl (C=O) groups is 1. The summed E-state index contributed by atoms with van der Waals surface area (Å²) in [6, 6.07) is 0. The van der Waals surface area contributed by atoms with E-state index in [4.69, 9.17) is 9.84 Å². The number of unbranched alkanes of at least 4 members (excludes halogenated alkanes) is 7. The molecule has 26 heavy (non-hydrogen) atoms. The zero-order chi connectivity index (χ0) is 18.8. The second-order valence-electron chi connectivity index (χ2n) is 8.19. The molecule has 0 radical (unpaired) electrons. The molecule has 2 fully saturated rings. The average Bonchev–Trinajstić information content (AvgIpc) is 3.20. The minimum absolute atomic E-state index is 0.289. The Bertz CT molecular complexity index is 403. The molecule has 2 bridgehead atoms. The molecule has 2 heterocycles. The van der Waals surface area contributed by atoms with E-state index in [1.54, 1.807) is 0 Å². The van der Waals surface area contributed by atoms with Gasteiger partial charge in [0.05, 0.1) is 12.2 Å². The number of fused-ring (bicyclic) bond motifs is 2. The fourth-order valence-electron chi connectivity index (χ4n) is 4.68. The van der Waals surface area contributed by atoms with Crippen molar-refractivity contribution in [3.8, 4) is 0 Å². The summed E-state index contributed by atoms with van der Waals surface area (Å²) in [6.45, 7) is 2.22. The summed E-state index contributed by atoms with van der Waals surface area (Å²) in [7, 11) is 0. The molecule has 152 valence electrons. The van der Waals surface area contributed by atoms with Crippen LogP contribution in [0.5, 0.6) is 0 Å². The Balaban J connectivity index is 1.64. The quantitative estimate of drug-likeness (QED) is 0.320. The summed E-state index contributed by atoms with van der Waals surface area (Å²) in [5.41, 5.74) is 0. The van der Waals surface area contributed by atoms with Crippen LogP contribution in [-0.4, -0.2) is 39.3 Å². The van der Waals surface area contributed by atoms with E-state index in [0.29, 0.717) is 24.0 Å². The molecule has 5 unspecified atom stereocenters. The van der Waals surface area contributed by atoms with Crippen molar-refractivity contribution in [2.45, 2.75) is 103 Å². The van der Waals surface area contributed by atoms with E-state index in [-0.39, 0.29) is 6.42 Å². The van der Waals surface area contributed by atoms with Gasteiger partial charge in [-0.05, 0) is 44.4 Å². The van der Waals surface area contributed by atoms with Gasteiger partial charge in [-0.1, -0.05) is 56.6 Å². The van der Waals surface area contributed by atoms with Gasteiger partial charge in [-0.25, -0.2) is 0 Å². The first-order valence-corrected chi connectivity index (χ1v) is 12.3. The first-order valence-electron chi connectivity index (χ1n) is 10.8. The molecule has 2 aliphatic heterocycles. The van der Waals surface area contributed by atoms with Crippen LogP contribution in [0.15, 0.2) is 0 Å². The minimum Gasteiger partial charge on any atom is -0.616 e. The molecular weight excluding hydrogens is 348 g/mol. The summed E-state index contributed by atoms with van der Waals surface area (Å²) in [4.78, 5) is 10.6. The van der Waals surface area contributed by atoms with Crippen molar-refractivity contribution >= 4 is 17.1 Å². The van der Waals surface area contributed by atoms with E-state index >= 15 is 0 Å². The Morgan fingerprint density at radius 1 is 1.00 bits per heavy atom. The van der Waals surface area contributed by atoms with Crippen LogP contribution in [0.1, 0.15) is 90.4 Å². The van der Waals surface area contributed by atoms with Crippen molar-refractivity contribution in [3.63, 3.8) is 0 Å². The van der Waals surface area contributed by atoms with Gasteiger partial charge in [0.2, 0.25) is 0 Å². The van der Waals surface area contributed by atoms with Crippen molar-refractivity contribution in [2.75, 3.05) is 11.5 Å². The number of carboxylic acids is 1. The largest absolute Gasteiger partial charge is 0.616 e. The molecular formula is C21H38O4S. The summed E-state index contributed by atoms with van der Waals surface area (Å²) in [6.07, 6.45) is 14.7. The molecule has 2 saturated heterocycles. The van der Waals surface area contributed by atoms with Gasteiger partial charge in [0, 0.05) is 12.3 Å². The second-order valence-corrected chi connectivity index (χ2v) is 9.81. The Kier molecular flexibility index (Phi) is 10.4. The monoisotopic (exact) mass is 386 g/mol. The van der Waals surface area contributed by atoms with Crippen LogP contribution in [0.3, 0.4) is 0 Å². The molecule has 0 amide bonds. The molecule has 4 nitrogen and oxygen atoms in total. The normalized spacial score (nSPS) is 28.5. The molecule has 5 heteroatoms. The standard InChI is InChI=1S/C21H38O4S/c1-2-3-4-7-10-15-26(24)16-18-17(19-13-14-20(18)25-19)11-8-5-6-9-12-21(22)23/h17-20H,2-16H2,1H3,(H,22,23). The zero-order valence-electron chi connectivity index (χ0n) is 16.5. The molecule has 5 atom stereocenters.